The number of carbonyl (C=O) groups is 1. The topological polar surface area (TPSA) is 44.6 Å². The van der Waals surface area contributed by atoms with E-state index in [4.69, 9.17) is 0 Å². The SMILES string of the molecule is Cc1ccc(-n2cc(C3=CCN(CC(=O)N4CCN(c5ccccc5)CC4)CC3)cn2)cc1C. The van der Waals surface area contributed by atoms with Gasteiger partial charge in [-0.25, -0.2) is 4.68 Å². The molecule has 0 spiro atoms. The molecule has 3 heterocycles. The number of hydrogen-bond donors (Lipinski definition) is 0. The van der Waals surface area contributed by atoms with Crippen LogP contribution in [0.3, 0.4) is 0 Å². The van der Waals surface area contributed by atoms with E-state index in [1.807, 2.05) is 21.8 Å². The van der Waals surface area contributed by atoms with Gasteiger partial charge in [0.2, 0.25) is 5.91 Å². The lowest BCUT2D eigenvalue weighted by Gasteiger charge is -2.37. The lowest BCUT2D eigenvalue weighted by molar-refractivity contribution is -0.132. The van der Waals surface area contributed by atoms with Crippen molar-refractivity contribution >= 4 is 17.2 Å². The van der Waals surface area contributed by atoms with Gasteiger partial charge in [-0.2, -0.15) is 5.10 Å². The Bertz CT molecular complexity index is 1170. The molecule has 5 rings (SSSR count). The summed E-state index contributed by atoms with van der Waals surface area (Å²) in [4.78, 5) is 19.5. The molecule has 0 radical (unpaired) electrons. The Labute approximate surface area is 202 Å². The van der Waals surface area contributed by atoms with Crippen molar-refractivity contribution in [3.8, 4) is 5.69 Å². The number of nitrogens with zero attached hydrogens (tertiary/aromatic N) is 5. The van der Waals surface area contributed by atoms with E-state index < -0.39 is 0 Å². The normalized spacial score (nSPS) is 17.1. The van der Waals surface area contributed by atoms with Crippen molar-refractivity contribution in [1.29, 1.82) is 0 Å². The highest BCUT2D eigenvalue weighted by molar-refractivity contribution is 5.79. The molecule has 0 N–H and O–H groups in total. The molecule has 0 bridgehead atoms. The van der Waals surface area contributed by atoms with Gasteiger partial charge in [-0.15, -0.1) is 0 Å². The molecule has 0 aliphatic carbocycles. The van der Waals surface area contributed by atoms with Crippen molar-refractivity contribution in [3.05, 3.63) is 83.7 Å². The second-order valence-electron chi connectivity index (χ2n) is 9.36. The first-order chi connectivity index (χ1) is 16.6. The Morgan fingerprint density at radius 3 is 2.41 bits per heavy atom. The molecule has 176 valence electrons. The molecule has 0 unspecified atom stereocenters. The molecule has 34 heavy (non-hydrogen) atoms. The molecule has 2 aromatic carbocycles. The molecule has 1 saturated heterocycles. The van der Waals surface area contributed by atoms with Crippen LogP contribution in [-0.4, -0.2) is 71.3 Å². The minimum absolute atomic E-state index is 0.243. The summed E-state index contributed by atoms with van der Waals surface area (Å²) in [5.41, 5.74) is 7.37. The maximum atomic E-state index is 12.9. The number of rotatable bonds is 5. The summed E-state index contributed by atoms with van der Waals surface area (Å²) in [6, 6.07) is 16.9. The highest BCUT2D eigenvalue weighted by atomic mass is 16.2. The van der Waals surface area contributed by atoms with E-state index in [-0.39, 0.29) is 5.91 Å². The van der Waals surface area contributed by atoms with Gasteiger partial charge in [-0.05, 0) is 61.2 Å². The van der Waals surface area contributed by atoms with Crippen LogP contribution in [0, 0.1) is 13.8 Å². The van der Waals surface area contributed by atoms with Crippen molar-refractivity contribution < 1.29 is 4.79 Å². The van der Waals surface area contributed by atoms with Crippen LogP contribution in [0.1, 0.15) is 23.1 Å². The Morgan fingerprint density at radius 1 is 0.912 bits per heavy atom. The second-order valence-corrected chi connectivity index (χ2v) is 9.36. The van der Waals surface area contributed by atoms with Crippen molar-refractivity contribution in [2.75, 3.05) is 50.7 Å². The van der Waals surface area contributed by atoms with Gasteiger partial charge < -0.3 is 9.80 Å². The van der Waals surface area contributed by atoms with Gasteiger partial charge in [0.1, 0.15) is 0 Å². The van der Waals surface area contributed by atoms with Crippen molar-refractivity contribution in [3.63, 3.8) is 0 Å². The lowest BCUT2D eigenvalue weighted by atomic mass is 10.0. The van der Waals surface area contributed by atoms with E-state index in [1.165, 1.54) is 28.0 Å². The molecule has 2 aliphatic heterocycles. The van der Waals surface area contributed by atoms with Crippen molar-refractivity contribution in [2.24, 2.45) is 0 Å². The minimum atomic E-state index is 0.243. The molecule has 3 aromatic rings. The van der Waals surface area contributed by atoms with E-state index in [1.54, 1.807) is 0 Å². The van der Waals surface area contributed by atoms with Crippen LogP contribution in [0.25, 0.3) is 11.3 Å². The smallest absolute Gasteiger partial charge is 0.236 e. The largest absolute Gasteiger partial charge is 0.368 e. The second kappa shape index (κ2) is 9.85. The summed E-state index contributed by atoms with van der Waals surface area (Å²) in [7, 11) is 0. The predicted octanol–water partition coefficient (Wildman–Crippen LogP) is 3.93. The van der Waals surface area contributed by atoms with Gasteiger partial charge in [-0.3, -0.25) is 9.69 Å². The van der Waals surface area contributed by atoms with Crippen LogP contribution in [0.2, 0.25) is 0 Å². The lowest BCUT2D eigenvalue weighted by Crippen LogP contribution is -2.51. The van der Waals surface area contributed by atoms with Crippen LogP contribution in [0.5, 0.6) is 0 Å². The molecule has 0 saturated carbocycles. The fourth-order valence-electron chi connectivity index (χ4n) is 4.76. The van der Waals surface area contributed by atoms with Gasteiger partial charge in [-0.1, -0.05) is 30.3 Å². The number of hydrogen-bond acceptors (Lipinski definition) is 4. The number of aromatic nitrogens is 2. The first-order valence-electron chi connectivity index (χ1n) is 12.2. The first kappa shape index (κ1) is 22.4. The van der Waals surface area contributed by atoms with Crippen LogP contribution >= 0.6 is 0 Å². The highest BCUT2D eigenvalue weighted by Gasteiger charge is 2.24. The fraction of sp³-hybridized carbons (Fsp3) is 0.357. The number of benzene rings is 2. The molecule has 1 amide bonds. The number of aryl methyl sites for hydroxylation is 2. The zero-order valence-electron chi connectivity index (χ0n) is 20.2. The molecule has 6 heteroatoms. The minimum Gasteiger partial charge on any atom is -0.368 e. The first-order valence-corrected chi connectivity index (χ1v) is 12.2. The van der Waals surface area contributed by atoms with Gasteiger partial charge in [0, 0.05) is 56.7 Å². The monoisotopic (exact) mass is 455 g/mol. The number of carbonyl (C=O) groups excluding carboxylic acids is 1. The Morgan fingerprint density at radius 2 is 1.71 bits per heavy atom. The molecule has 1 fully saturated rings. The summed E-state index contributed by atoms with van der Waals surface area (Å²) in [5.74, 6) is 0.243. The average molecular weight is 456 g/mol. The highest BCUT2D eigenvalue weighted by Crippen LogP contribution is 2.24. The third-order valence-electron chi connectivity index (χ3n) is 7.11. The Hall–Kier alpha value is -3.38. The number of anilines is 1. The van der Waals surface area contributed by atoms with E-state index >= 15 is 0 Å². The Kier molecular flexibility index (Phi) is 6.50. The van der Waals surface area contributed by atoms with Gasteiger partial charge in [0.15, 0.2) is 0 Å². The summed E-state index contributed by atoms with van der Waals surface area (Å²) >= 11 is 0. The van der Waals surface area contributed by atoms with E-state index in [0.29, 0.717) is 6.54 Å². The number of piperazine rings is 1. The number of amides is 1. The van der Waals surface area contributed by atoms with Gasteiger partial charge >= 0.3 is 0 Å². The van der Waals surface area contributed by atoms with E-state index in [9.17, 15) is 4.79 Å². The molecule has 2 aliphatic rings. The third-order valence-corrected chi connectivity index (χ3v) is 7.11. The maximum Gasteiger partial charge on any atom is 0.236 e. The molecule has 6 nitrogen and oxygen atoms in total. The third kappa shape index (κ3) is 4.92. The Balaban J connectivity index is 1.14. The van der Waals surface area contributed by atoms with Crippen LogP contribution in [-0.2, 0) is 4.79 Å². The van der Waals surface area contributed by atoms with Gasteiger partial charge in [0.05, 0.1) is 18.4 Å². The van der Waals surface area contributed by atoms with E-state index in [2.05, 4.69) is 83.5 Å². The van der Waals surface area contributed by atoms with Crippen LogP contribution < -0.4 is 4.90 Å². The van der Waals surface area contributed by atoms with Crippen molar-refractivity contribution in [1.82, 2.24) is 19.6 Å². The summed E-state index contributed by atoms with van der Waals surface area (Å²) in [6.07, 6.45) is 7.26. The predicted molar refractivity (Wildman–Crippen MR) is 137 cm³/mol. The average Bonchev–Trinajstić information content (AvgIpc) is 3.37. The zero-order chi connectivity index (χ0) is 23.5. The molecule has 0 atom stereocenters. The summed E-state index contributed by atoms with van der Waals surface area (Å²) < 4.78 is 1.95. The maximum absolute atomic E-state index is 12.9. The van der Waals surface area contributed by atoms with Crippen molar-refractivity contribution in [2.45, 2.75) is 20.3 Å². The molecule has 1 aromatic heterocycles. The summed E-state index contributed by atoms with van der Waals surface area (Å²) in [5, 5.41) is 4.59. The fourth-order valence-corrected chi connectivity index (χ4v) is 4.76. The number of para-hydroxylation sites is 1. The van der Waals surface area contributed by atoms with Crippen LogP contribution in [0.4, 0.5) is 5.69 Å². The molecular weight excluding hydrogens is 422 g/mol. The van der Waals surface area contributed by atoms with Gasteiger partial charge in [0.25, 0.3) is 0 Å². The quantitative estimate of drug-likeness (QED) is 0.585. The zero-order valence-corrected chi connectivity index (χ0v) is 20.2. The standard InChI is InChI=1S/C28H33N5O/c1-22-8-9-27(18-23(22)2)33-20-25(19-29-33)24-10-12-30(13-11-24)21-28(34)32-16-14-31(15-17-32)26-6-4-3-5-7-26/h3-10,18-20H,11-17,21H2,1-2H3. The van der Waals surface area contributed by atoms with E-state index in [0.717, 1.165) is 51.4 Å². The summed E-state index contributed by atoms with van der Waals surface area (Å²) in [6.45, 7) is 9.83. The van der Waals surface area contributed by atoms with Crippen LogP contribution in [0.15, 0.2) is 67.0 Å². The molecular formula is C28H33N5O.